The second kappa shape index (κ2) is 12.3. The largest absolute Gasteiger partial charge is 0.497 e. The van der Waals surface area contributed by atoms with E-state index in [4.69, 9.17) is 19.2 Å². The Kier molecular flexibility index (Phi) is 8.91. The molecule has 0 saturated heterocycles. The molecule has 0 fully saturated rings. The molecule has 0 N–H and O–H groups in total. The second-order valence-corrected chi connectivity index (χ2v) is 9.84. The Morgan fingerprint density at radius 3 is 2.44 bits per heavy atom. The number of aromatic nitrogens is 2. The van der Waals surface area contributed by atoms with Gasteiger partial charge in [0.1, 0.15) is 23.1 Å². The lowest BCUT2D eigenvalue weighted by atomic mass is 10.1. The molecular weight excluding hydrogens is 562 g/mol. The number of methoxy groups -OCH3 is 3. The van der Waals surface area contributed by atoms with E-state index in [1.807, 2.05) is 13.0 Å². The van der Waals surface area contributed by atoms with Gasteiger partial charge in [0, 0.05) is 24.2 Å². The van der Waals surface area contributed by atoms with E-state index in [1.54, 1.807) is 85.4 Å². The normalized spacial score (nSPS) is 11.7. The van der Waals surface area contributed by atoms with Gasteiger partial charge < -0.3 is 19.1 Å². The van der Waals surface area contributed by atoms with Gasteiger partial charge in [-0.1, -0.05) is 31.5 Å². The molecule has 0 aliphatic heterocycles. The number of hydrogen-bond acceptors (Lipinski definition) is 6. The lowest BCUT2D eigenvalue weighted by Crippen LogP contribution is -2.38. The summed E-state index contributed by atoms with van der Waals surface area (Å²) >= 11 is 3.62. The van der Waals surface area contributed by atoms with E-state index in [2.05, 4.69) is 22.9 Å². The van der Waals surface area contributed by atoms with Crippen molar-refractivity contribution in [2.45, 2.75) is 32.7 Å². The molecule has 1 atom stereocenters. The van der Waals surface area contributed by atoms with Crippen molar-refractivity contribution in [3.05, 3.63) is 86.9 Å². The summed E-state index contributed by atoms with van der Waals surface area (Å²) in [4.78, 5) is 34.7. The molecule has 1 unspecified atom stereocenters. The van der Waals surface area contributed by atoms with Gasteiger partial charge in [0.2, 0.25) is 0 Å². The molecule has 1 amide bonds. The van der Waals surface area contributed by atoms with Crippen molar-refractivity contribution < 1.29 is 19.0 Å². The zero-order chi connectivity index (χ0) is 28.1. The van der Waals surface area contributed by atoms with E-state index < -0.39 is 6.04 Å². The number of carbonyl (C=O) groups excluding carboxylic acids is 1. The van der Waals surface area contributed by atoms with Crippen LogP contribution in [-0.4, -0.2) is 48.2 Å². The molecular formula is C30H32BrN3O5. The second-order valence-electron chi connectivity index (χ2n) is 9.05. The minimum atomic E-state index is -0.559. The van der Waals surface area contributed by atoms with Gasteiger partial charge in [0.05, 0.1) is 48.4 Å². The van der Waals surface area contributed by atoms with Crippen molar-refractivity contribution in [2.75, 3.05) is 27.9 Å². The number of halogens is 1. The first-order valence-electron chi connectivity index (χ1n) is 12.7. The van der Waals surface area contributed by atoms with Crippen LogP contribution in [0, 0.1) is 0 Å². The average Bonchev–Trinajstić information content (AvgIpc) is 2.97. The smallest absolute Gasteiger partial charge is 0.266 e. The highest BCUT2D eigenvalue weighted by molar-refractivity contribution is 9.10. The number of benzene rings is 3. The van der Waals surface area contributed by atoms with Gasteiger partial charge in [-0.2, -0.15) is 0 Å². The summed E-state index contributed by atoms with van der Waals surface area (Å²) in [5.74, 6) is 1.85. The fourth-order valence-electron chi connectivity index (χ4n) is 4.51. The van der Waals surface area contributed by atoms with Crippen LogP contribution in [0.25, 0.3) is 16.6 Å². The maximum absolute atomic E-state index is 14.1. The van der Waals surface area contributed by atoms with Crippen LogP contribution < -0.4 is 19.8 Å². The van der Waals surface area contributed by atoms with E-state index in [1.165, 1.54) is 0 Å². The molecule has 0 aliphatic carbocycles. The Balaban J connectivity index is 1.97. The summed E-state index contributed by atoms with van der Waals surface area (Å²) in [6, 6.07) is 17.2. The zero-order valence-electron chi connectivity index (χ0n) is 22.7. The summed E-state index contributed by atoms with van der Waals surface area (Å²) in [5, 5.41) is 0.460. The third-order valence-corrected chi connectivity index (χ3v) is 7.46. The Bertz CT molecular complexity index is 1550. The molecule has 0 spiro atoms. The molecule has 3 aromatic carbocycles. The Morgan fingerprint density at radius 1 is 1.00 bits per heavy atom. The molecule has 8 nitrogen and oxygen atoms in total. The maximum Gasteiger partial charge on any atom is 0.266 e. The van der Waals surface area contributed by atoms with Crippen LogP contribution in [0.2, 0.25) is 0 Å². The molecule has 0 aliphatic rings. The minimum Gasteiger partial charge on any atom is -0.497 e. The fourth-order valence-corrected chi connectivity index (χ4v) is 5.08. The van der Waals surface area contributed by atoms with Crippen LogP contribution in [0.3, 0.4) is 0 Å². The Hall–Kier alpha value is -3.85. The summed E-state index contributed by atoms with van der Waals surface area (Å²) in [5.41, 5.74) is 1.29. The van der Waals surface area contributed by atoms with Gasteiger partial charge in [0.15, 0.2) is 0 Å². The number of unbranched alkanes of at least 4 members (excludes halogenated alkanes) is 1. The summed E-state index contributed by atoms with van der Waals surface area (Å²) < 4.78 is 18.5. The number of hydrogen-bond donors (Lipinski definition) is 0. The summed E-state index contributed by atoms with van der Waals surface area (Å²) in [7, 11) is 4.67. The predicted molar refractivity (Wildman–Crippen MR) is 155 cm³/mol. The number of rotatable bonds is 10. The highest BCUT2D eigenvalue weighted by Crippen LogP contribution is 2.37. The monoisotopic (exact) mass is 593 g/mol. The number of amides is 1. The predicted octanol–water partition coefficient (Wildman–Crippen LogP) is 6.18. The number of carbonyl (C=O) groups is 1. The Labute approximate surface area is 236 Å². The third-order valence-electron chi connectivity index (χ3n) is 6.66. The molecule has 0 bridgehead atoms. The molecule has 1 heterocycles. The number of fused-ring (bicyclic) bond motifs is 1. The van der Waals surface area contributed by atoms with Crippen LogP contribution in [0.4, 0.5) is 0 Å². The fraction of sp³-hybridized carbons (Fsp3) is 0.300. The molecule has 0 saturated carbocycles. The van der Waals surface area contributed by atoms with Crippen molar-refractivity contribution in [2.24, 2.45) is 0 Å². The summed E-state index contributed by atoms with van der Waals surface area (Å²) in [6.45, 7) is 4.45. The van der Waals surface area contributed by atoms with Crippen molar-refractivity contribution in [1.29, 1.82) is 0 Å². The molecule has 4 rings (SSSR count). The van der Waals surface area contributed by atoms with E-state index in [-0.39, 0.29) is 11.5 Å². The number of ether oxygens (including phenoxy) is 3. The van der Waals surface area contributed by atoms with E-state index >= 15 is 0 Å². The molecule has 39 heavy (non-hydrogen) atoms. The van der Waals surface area contributed by atoms with E-state index in [0.717, 1.165) is 12.8 Å². The average molecular weight is 595 g/mol. The lowest BCUT2D eigenvalue weighted by Gasteiger charge is -2.31. The van der Waals surface area contributed by atoms with Crippen LogP contribution in [0.1, 0.15) is 48.9 Å². The maximum atomic E-state index is 14.1. The topological polar surface area (TPSA) is 82.9 Å². The molecule has 204 valence electrons. The van der Waals surface area contributed by atoms with Crippen LogP contribution >= 0.6 is 15.9 Å². The number of para-hydroxylation sites is 1. The summed E-state index contributed by atoms with van der Waals surface area (Å²) in [6.07, 6.45) is 1.68. The molecule has 1 aromatic heterocycles. The van der Waals surface area contributed by atoms with Gasteiger partial charge in [-0.25, -0.2) is 4.98 Å². The number of nitrogens with zero attached hydrogens (tertiary/aromatic N) is 3. The van der Waals surface area contributed by atoms with Crippen molar-refractivity contribution in [3.8, 4) is 22.9 Å². The van der Waals surface area contributed by atoms with E-state index in [0.29, 0.717) is 56.2 Å². The first-order chi connectivity index (χ1) is 18.8. The first kappa shape index (κ1) is 28.2. The van der Waals surface area contributed by atoms with Crippen molar-refractivity contribution in [3.63, 3.8) is 0 Å². The molecule has 0 radical (unpaired) electrons. The first-order valence-corrected chi connectivity index (χ1v) is 13.5. The highest BCUT2D eigenvalue weighted by Gasteiger charge is 2.29. The van der Waals surface area contributed by atoms with Gasteiger partial charge in [-0.3, -0.25) is 14.2 Å². The van der Waals surface area contributed by atoms with Gasteiger partial charge in [-0.15, -0.1) is 0 Å². The standard InChI is InChI=1S/C30H32BrN3O5/c1-6-7-15-33(29(35)20-11-10-12-21(16-20)37-3)19(2)28-32-24-14-9-8-13-23(24)30(36)34(28)25-17-22(38-4)18-26(39-5)27(25)31/h8-14,16-19H,6-7,15H2,1-5H3. The Morgan fingerprint density at radius 2 is 1.74 bits per heavy atom. The van der Waals surface area contributed by atoms with Crippen LogP contribution in [0.5, 0.6) is 17.2 Å². The van der Waals surface area contributed by atoms with Crippen molar-refractivity contribution in [1.82, 2.24) is 14.5 Å². The minimum absolute atomic E-state index is 0.175. The molecule has 4 aromatic rings. The highest BCUT2D eigenvalue weighted by atomic mass is 79.9. The van der Waals surface area contributed by atoms with E-state index in [9.17, 15) is 9.59 Å². The third kappa shape index (κ3) is 5.63. The van der Waals surface area contributed by atoms with Crippen LogP contribution in [0.15, 0.2) is 69.9 Å². The van der Waals surface area contributed by atoms with Gasteiger partial charge in [-0.05, 0) is 59.6 Å². The quantitative estimate of drug-likeness (QED) is 0.218. The zero-order valence-corrected chi connectivity index (χ0v) is 24.3. The molecule has 9 heteroatoms. The SMILES string of the molecule is CCCCN(C(=O)c1cccc(OC)c1)C(C)c1nc2ccccc2c(=O)n1-c1cc(OC)cc(OC)c1Br. The van der Waals surface area contributed by atoms with Gasteiger partial charge >= 0.3 is 0 Å². The lowest BCUT2D eigenvalue weighted by molar-refractivity contribution is 0.0677. The van der Waals surface area contributed by atoms with Gasteiger partial charge in [0.25, 0.3) is 11.5 Å². The van der Waals surface area contributed by atoms with Crippen LogP contribution in [-0.2, 0) is 0 Å². The van der Waals surface area contributed by atoms with Crippen molar-refractivity contribution >= 4 is 32.7 Å².